The van der Waals surface area contributed by atoms with Crippen molar-refractivity contribution in [1.29, 1.82) is 0 Å². The van der Waals surface area contributed by atoms with Crippen LogP contribution in [0, 0.1) is 17.8 Å². The average molecular weight is 154 g/mol. The number of carbonyl (C=O) groups excluding carboxylic acids is 1. The molecule has 1 N–H and O–H groups in total. The second kappa shape index (κ2) is 2.59. The Bertz CT molecular complexity index is 176. The summed E-state index contributed by atoms with van der Waals surface area (Å²) in [5.41, 5.74) is 0. The summed E-state index contributed by atoms with van der Waals surface area (Å²) in [6, 6.07) is 0. The molecule has 2 aliphatic rings. The van der Waals surface area contributed by atoms with Gasteiger partial charge in [-0.25, -0.2) is 0 Å². The van der Waals surface area contributed by atoms with Crippen LogP contribution in [-0.4, -0.2) is 17.5 Å². The first-order valence-corrected chi connectivity index (χ1v) is 4.45. The zero-order valence-corrected chi connectivity index (χ0v) is 6.62. The van der Waals surface area contributed by atoms with Gasteiger partial charge in [0.25, 0.3) is 0 Å². The molecule has 0 aromatic rings. The van der Waals surface area contributed by atoms with Crippen LogP contribution in [0.5, 0.6) is 0 Å². The minimum Gasteiger partial charge on any atom is -0.396 e. The third kappa shape index (κ3) is 1.09. The second-order valence-corrected chi connectivity index (χ2v) is 3.87. The highest BCUT2D eigenvalue weighted by Crippen LogP contribution is 2.47. The molecular formula is C9H14O2. The van der Waals surface area contributed by atoms with Crippen LogP contribution in [0.15, 0.2) is 0 Å². The van der Waals surface area contributed by atoms with Crippen LogP contribution in [0.3, 0.4) is 0 Å². The second-order valence-electron chi connectivity index (χ2n) is 3.87. The molecule has 0 saturated heterocycles. The van der Waals surface area contributed by atoms with E-state index in [2.05, 4.69) is 0 Å². The molecule has 0 aliphatic heterocycles. The molecule has 62 valence electrons. The van der Waals surface area contributed by atoms with E-state index in [1.54, 1.807) is 0 Å². The third-order valence-corrected chi connectivity index (χ3v) is 3.26. The molecular weight excluding hydrogens is 140 g/mol. The third-order valence-electron chi connectivity index (χ3n) is 3.26. The molecule has 11 heavy (non-hydrogen) atoms. The first kappa shape index (κ1) is 7.29. The van der Waals surface area contributed by atoms with Crippen molar-refractivity contribution in [3.05, 3.63) is 0 Å². The van der Waals surface area contributed by atoms with E-state index < -0.39 is 0 Å². The molecule has 2 rings (SSSR count). The first-order chi connectivity index (χ1) is 5.31. The predicted octanol–water partition coefficient (Wildman–Crippen LogP) is 0.984. The Labute approximate surface area is 66.6 Å². The van der Waals surface area contributed by atoms with Crippen LogP contribution in [0.2, 0.25) is 0 Å². The zero-order chi connectivity index (χ0) is 7.84. The predicted molar refractivity (Wildman–Crippen MR) is 41.0 cm³/mol. The lowest BCUT2D eigenvalue weighted by Crippen LogP contribution is -2.18. The number of carbonyl (C=O) groups is 1. The van der Waals surface area contributed by atoms with E-state index in [0.29, 0.717) is 30.1 Å². The van der Waals surface area contributed by atoms with Crippen LogP contribution in [0.1, 0.15) is 25.7 Å². The van der Waals surface area contributed by atoms with Crippen molar-refractivity contribution in [2.24, 2.45) is 17.8 Å². The van der Waals surface area contributed by atoms with Crippen molar-refractivity contribution < 1.29 is 9.90 Å². The van der Waals surface area contributed by atoms with E-state index in [-0.39, 0.29) is 0 Å². The number of fused-ring (bicyclic) bond motifs is 2. The Morgan fingerprint density at radius 3 is 2.73 bits per heavy atom. The fourth-order valence-electron chi connectivity index (χ4n) is 2.67. The maximum atomic E-state index is 11.1. The molecule has 0 unspecified atom stereocenters. The molecule has 2 saturated carbocycles. The highest BCUT2D eigenvalue weighted by Gasteiger charge is 2.44. The van der Waals surface area contributed by atoms with E-state index >= 15 is 0 Å². The molecule has 2 nitrogen and oxygen atoms in total. The first-order valence-electron chi connectivity index (χ1n) is 4.45. The Balaban J connectivity index is 1.97. The van der Waals surface area contributed by atoms with Gasteiger partial charge in [0.05, 0.1) is 0 Å². The van der Waals surface area contributed by atoms with Gasteiger partial charge in [0, 0.05) is 18.9 Å². The lowest BCUT2D eigenvalue weighted by atomic mass is 9.86. The number of rotatable bonds is 2. The number of Topliss-reactive ketones (excluding diaryl/α,β-unsaturated/α-hetero) is 1. The van der Waals surface area contributed by atoms with Crippen LogP contribution >= 0.6 is 0 Å². The number of hydrogen-bond acceptors (Lipinski definition) is 2. The smallest absolute Gasteiger partial charge is 0.136 e. The van der Waals surface area contributed by atoms with Gasteiger partial charge in [0.15, 0.2) is 0 Å². The molecule has 0 spiro atoms. The molecule has 2 heteroatoms. The van der Waals surface area contributed by atoms with Gasteiger partial charge < -0.3 is 5.11 Å². The minimum atomic E-state index is 0.294. The van der Waals surface area contributed by atoms with E-state index in [4.69, 9.17) is 5.11 Å². The van der Waals surface area contributed by atoms with Gasteiger partial charge in [-0.2, -0.15) is 0 Å². The summed E-state index contributed by atoms with van der Waals surface area (Å²) in [6.45, 7) is 0.294. The van der Waals surface area contributed by atoms with Gasteiger partial charge in [0.2, 0.25) is 0 Å². The Kier molecular flexibility index (Phi) is 1.72. The standard InChI is InChI=1S/C9H14O2/c10-2-1-6-3-8-4-7(6)5-9(8)11/h6-8,10H,1-5H2/t6-,7+,8-/m0/s1. The van der Waals surface area contributed by atoms with Crippen LogP contribution in [0.25, 0.3) is 0 Å². The molecule has 0 amide bonds. The highest BCUT2D eigenvalue weighted by atomic mass is 16.3. The Morgan fingerprint density at radius 1 is 1.45 bits per heavy atom. The van der Waals surface area contributed by atoms with E-state index in [0.717, 1.165) is 25.7 Å². The van der Waals surface area contributed by atoms with E-state index in [1.807, 2.05) is 0 Å². The summed E-state index contributed by atoms with van der Waals surface area (Å²) in [4.78, 5) is 11.1. The number of aliphatic hydroxyl groups is 1. The topological polar surface area (TPSA) is 37.3 Å². The number of aliphatic hydroxyl groups excluding tert-OH is 1. The lowest BCUT2D eigenvalue weighted by Gasteiger charge is -2.19. The zero-order valence-electron chi connectivity index (χ0n) is 6.62. The summed E-state index contributed by atoms with van der Waals surface area (Å²) >= 11 is 0. The number of hydrogen-bond donors (Lipinski definition) is 1. The highest BCUT2D eigenvalue weighted by molar-refractivity contribution is 5.84. The van der Waals surface area contributed by atoms with Crippen LogP contribution in [0.4, 0.5) is 0 Å². The molecule has 2 bridgehead atoms. The Morgan fingerprint density at radius 2 is 2.27 bits per heavy atom. The normalized spacial score (nSPS) is 41.9. The molecule has 2 fully saturated rings. The largest absolute Gasteiger partial charge is 0.396 e. The van der Waals surface area contributed by atoms with Crippen molar-refractivity contribution in [3.8, 4) is 0 Å². The van der Waals surface area contributed by atoms with Crippen molar-refractivity contribution in [2.45, 2.75) is 25.7 Å². The average Bonchev–Trinajstić information content (AvgIpc) is 2.47. The summed E-state index contributed by atoms with van der Waals surface area (Å²) in [6.07, 6.45) is 3.89. The minimum absolute atomic E-state index is 0.294. The fourth-order valence-corrected chi connectivity index (χ4v) is 2.67. The van der Waals surface area contributed by atoms with E-state index in [9.17, 15) is 4.79 Å². The molecule has 0 radical (unpaired) electrons. The van der Waals surface area contributed by atoms with Crippen LogP contribution in [-0.2, 0) is 4.79 Å². The van der Waals surface area contributed by atoms with Gasteiger partial charge in [0.1, 0.15) is 5.78 Å². The van der Waals surface area contributed by atoms with Gasteiger partial charge in [-0.3, -0.25) is 4.79 Å². The molecule has 0 aromatic carbocycles. The lowest BCUT2D eigenvalue weighted by molar-refractivity contribution is -0.122. The SMILES string of the molecule is O=C1C[C@H]2C[C@@H]1C[C@@H]2CCO. The molecule has 0 heterocycles. The van der Waals surface area contributed by atoms with Crippen molar-refractivity contribution in [3.63, 3.8) is 0 Å². The monoisotopic (exact) mass is 154 g/mol. The molecule has 2 aliphatic carbocycles. The molecule has 0 aromatic heterocycles. The summed E-state index contributed by atoms with van der Waals surface area (Å²) < 4.78 is 0. The fraction of sp³-hybridized carbons (Fsp3) is 0.889. The maximum Gasteiger partial charge on any atom is 0.136 e. The van der Waals surface area contributed by atoms with Gasteiger partial charge >= 0.3 is 0 Å². The maximum absolute atomic E-state index is 11.1. The molecule has 3 atom stereocenters. The summed E-state index contributed by atoms with van der Waals surface area (Å²) in [5.74, 6) is 2.13. The van der Waals surface area contributed by atoms with Gasteiger partial charge in [-0.1, -0.05) is 0 Å². The Hall–Kier alpha value is -0.370. The summed E-state index contributed by atoms with van der Waals surface area (Å²) in [5, 5.41) is 8.74. The van der Waals surface area contributed by atoms with E-state index in [1.165, 1.54) is 0 Å². The van der Waals surface area contributed by atoms with Crippen molar-refractivity contribution in [2.75, 3.05) is 6.61 Å². The van der Waals surface area contributed by atoms with Crippen LogP contribution < -0.4 is 0 Å². The quantitative estimate of drug-likeness (QED) is 0.644. The van der Waals surface area contributed by atoms with Gasteiger partial charge in [-0.05, 0) is 31.1 Å². The van der Waals surface area contributed by atoms with Crippen molar-refractivity contribution in [1.82, 2.24) is 0 Å². The number of ketones is 1. The summed E-state index contributed by atoms with van der Waals surface area (Å²) in [7, 11) is 0. The van der Waals surface area contributed by atoms with Crippen molar-refractivity contribution >= 4 is 5.78 Å². The van der Waals surface area contributed by atoms with Gasteiger partial charge in [-0.15, -0.1) is 0 Å².